The predicted octanol–water partition coefficient (Wildman–Crippen LogP) is 5.56. The van der Waals surface area contributed by atoms with Gasteiger partial charge in [-0.2, -0.15) is 0 Å². The SMILES string of the molecule is CCCCN1C(=O)NC(c2cccc(NC(=O)Nc3ccccc3F)c2)C(C(=O)OC(C)C)=C1C. The van der Waals surface area contributed by atoms with Crippen molar-refractivity contribution in [2.75, 3.05) is 17.2 Å². The van der Waals surface area contributed by atoms with Crippen molar-refractivity contribution in [2.45, 2.75) is 52.7 Å². The number of urea groups is 2. The van der Waals surface area contributed by atoms with E-state index < -0.39 is 23.9 Å². The number of para-hydroxylation sites is 1. The lowest BCUT2D eigenvalue weighted by Crippen LogP contribution is -2.48. The fraction of sp³-hybridized carbons (Fsp3) is 0.346. The van der Waals surface area contributed by atoms with Crippen LogP contribution in [0.4, 0.5) is 25.4 Å². The number of anilines is 2. The third-order valence-electron chi connectivity index (χ3n) is 5.49. The summed E-state index contributed by atoms with van der Waals surface area (Å²) < 4.78 is 19.3. The molecule has 1 aliphatic heterocycles. The molecule has 0 saturated carbocycles. The summed E-state index contributed by atoms with van der Waals surface area (Å²) in [7, 11) is 0. The van der Waals surface area contributed by atoms with Gasteiger partial charge in [0.1, 0.15) is 5.82 Å². The van der Waals surface area contributed by atoms with Crippen molar-refractivity contribution in [3.8, 4) is 0 Å². The number of halogens is 1. The van der Waals surface area contributed by atoms with E-state index in [0.717, 1.165) is 12.8 Å². The smallest absolute Gasteiger partial charge is 0.338 e. The zero-order valence-electron chi connectivity index (χ0n) is 20.4. The Bertz CT molecular complexity index is 1130. The average Bonchev–Trinajstić information content (AvgIpc) is 2.79. The van der Waals surface area contributed by atoms with Gasteiger partial charge >= 0.3 is 18.0 Å². The zero-order valence-corrected chi connectivity index (χ0v) is 20.4. The number of carbonyl (C=O) groups is 3. The molecule has 1 unspecified atom stereocenters. The molecule has 0 radical (unpaired) electrons. The first-order valence-corrected chi connectivity index (χ1v) is 11.6. The molecule has 3 rings (SSSR count). The summed E-state index contributed by atoms with van der Waals surface area (Å²) in [5, 5.41) is 8.03. The maximum atomic E-state index is 13.9. The van der Waals surface area contributed by atoms with Crippen molar-refractivity contribution in [2.24, 2.45) is 0 Å². The van der Waals surface area contributed by atoms with Gasteiger partial charge in [0.25, 0.3) is 0 Å². The molecule has 186 valence electrons. The van der Waals surface area contributed by atoms with Crippen LogP contribution in [0, 0.1) is 5.82 Å². The first kappa shape index (κ1) is 25.7. The lowest BCUT2D eigenvalue weighted by molar-refractivity contribution is -0.143. The summed E-state index contributed by atoms with van der Waals surface area (Å²) in [5.74, 6) is -1.07. The number of esters is 1. The Morgan fingerprint density at radius 1 is 1.14 bits per heavy atom. The summed E-state index contributed by atoms with van der Waals surface area (Å²) in [4.78, 5) is 39.9. The molecule has 0 spiro atoms. The molecular weight excluding hydrogens is 451 g/mol. The molecule has 8 nitrogen and oxygen atoms in total. The van der Waals surface area contributed by atoms with Crippen LogP contribution in [0.3, 0.4) is 0 Å². The second-order valence-electron chi connectivity index (χ2n) is 8.53. The summed E-state index contributed by atoms with van der Waals surface area (Å²) in [6, 6.07) is 10.9. The number of carbonyl (C=O) groups excluding carboxylic acids is 3. The number of allylic oxidation sites excluding steroid dienone is 1. The van der Waals surface area contributed by atoms with Gasteiger partial charge in [-0.15, -0.1) is 0 Å². The van der Waals surface area contributed by atoms with Crippen LogP contribution >= 0.6 is 0 Å². The predicted molar refractivity (Wildman–Crippen MR) is 132 cm³/mol. The van der Waals surface area contributed by atoms with Crippen LogP contribution in [0.5, 0.6) is 0 Å². The standard InChI is InChI=1S/C26H31FN4O4/c1-5-6-14-31-17(4)22(24(32)35-16(2)3)23(30-26(31)34)18-10-9-11-19(15-18)28-25(33)29-21-13-8-7-12-20(21)27/h7-13,15-16,23H,5-6,14H2,1-4H3,(H,30,34)(H2,28,29,33). The summed E-state index contributed by atoms with van der Waals surface area (Å²) in [5.41, 5.74) is 1.92. The van der Waals surface area contributed by atoms with Crippen molar-refractivity contribution in [3.05, 3.63) is 71.2 Å². The van der Waals surface area contributed by atoms with Crippen molar-refractivity contribution in [1.82, 2.24) is 10.2 Å². The van der Waals surface area contributed by atoms with Gasteiger partial charge < -0.3 is 20.7 Å². The number of benzene rings is 2. The van der Waals surface area contributed by atoms with E-state index in [-0.39, 0.29) is 17.8 Å². The summed E-state index contributed by atoms with van der Waals surface area (Å²) in [6.07, 6.45) is 1.35. The van der Waals surface area contributed by atoms with Gasteiger partial charge in [-0.1, -0.05) is 37.6 Å². The molecule has 3 N–H and O–H groups in total. The highest BCUT2D eigenvalue weighted by molar-refractivity contribution is 6.00. The molecule has 0 aromatic heterocycles. The topological polar surface area (TPSA) is 99.8 Å². The number of unbranched alkanes of at least 4 members (excludes halogenated alkanes) is 1. The third-order valence-corrected chi connectivity index (χ3v) is 5.49. The highest BCUT2D eigenvalue weighted by Gasteiger charge is 2.36. The molecule has 4 amide bonds. The van der Waals surface area contributed by atoms with Gasteiger partial charge in [-0.25, -0.2) is 18.8 Å². The van der Waals surface area contributed by atoms with Crippen molar-refractivity contribution >= 4 is 29.4 Å². The largest absolute Gasteiger partial charge is 0.459 e. The first-order valence-electron chi connectivity index (χ1n) is 11.6. The second-order valence-corrected chi connectivity index (χ2v) is 8.53. The molecule has 9 heteroatoms. The molecule has 1 heterocycles. The number of hydrogen-bond donors (Lipinski definition) is 3. The minimum atomic E-state index is -0.761. The molecule has 1 atom stereocenters. The Morgan fingerprint density at radius 3 is 2.57 bits per heavy atom. The minimum absolute atomic E-state index is 0.0464. The lowest BCUT2D eigenvalue weighted by Gasteiger charge is -2.35. The molecule has 2 aromatic carbocycles. The molecule has 2 aromatic rings. The molecule has 35 heavy (non-hydrogen) atoms. The maximum Gasteiger partial charge on any atom is 0.338 e. The fourth-order valence-corrected chi connectivity index (χ4v) is 3.80. The zero-order chi connectivity index (χ0) is 25.5. The third kappa shape index (κ3) is 6.38. The number of nitrogens with zero attached hydrogens (tertiary/aromatic N) is 1. The van der Waals surface area contributed by atoms with Crippen molar-refractivity contribution in [3.63, 3.8) is 0 Å². The first-order chi connectivity index (χ1) is 16.7. The van der Waals surface area contributed by atoms with Crippen LogP contribution in [-0.2, 0) is 9.53 Å². The van der Waals surface area contributed by atoms with E-state index in [4.69, 9.17) is 4.74 Å². The van der Waals surface area contributed by atoms with Gasteiger partial charge in [0.05, 0.1) is 23.4 Å². The number of hydrogen-bond acceptors (Lipinski definition) is 4. The van der Waals surface area contributed by atoms with E-state index in [1.54, 1.807) is 56.0 Å². The molecular formula is C26H31FN4O4. The van der Waals surface area contributed by atoms with Gasteiger partial charge in [-0.05, 0) is 57.0 Å². The van der Waals surface area contributed by atoms with Crippen LogP contribution in [0.1, 0.15) is 52.1 Å². The number of ether oxygens (including phenoxy) is 1. The van der Waals surface area contributed by atoms with Crippen LogP contribution < -0.4 is 16.0 Å². The Balaban J connectivity index is 1.89. The fourth-order valence-electron chi connectivity index (χ4n) is 3.80. The highest BCUT2D eigenvalue weighted by atomic mass is 19.1. The maximum absolute atomic E-state index is 13.9. The van der Waals surface area contributed by atoms with E-state index in [1.807, 2.05) is 6.92 Å². The quantitative estimate of drug-likeness (QED) is 0.429. The van der Waals surface area contributed by atoms with E-state index in [2.05, 4.69) is 16.0 Å². The normalized spacial score (nSPS) is 15.7. The molecule has 0 fully saturated rings. The summed E-state index contributed by atoms with van der Waals surface area (Å²) >= 11 is 0. The van der Waals surface area contributed by atoms with E-state index in [0.29, 0.717) is 29.1 Å². The lowest BCUT2D eigenvalue weighted by atomic mass is 9.94. The number of rotatable bonds is 8. The average molecular weight is 483 g/mol. The highest BCUT2D eigenvalue weighted by Crippen LogP contribution is 2.33. The van der Waals surface area contributed by atoms with Crippen LogP contribution in [-0.4, -0.2) is 35.6 Å². The van der Waals surface area contributed by atoms with Gasteiger partial charge in [-0.3, -0.25) is 4.90 Å². The molecule has 1 aliphatic rings. The number of nitrogens with one attached hydrogen (secondary N) is 3. The number of amides is 4. The minimum Gasteiger partial charge on any atom is -0.459 e. The van der Waals surface area contributed by atoms with Crippen LogP contribution in [0.25, 0.3) is 0 Å². The van der Waals surface area contributed by atoms with Crippen molar-refractivity contribution in [1.29, 1.82) is 0 Å². The van der Waals surface area contributed by atoms with E-state index in [1.165, 1.54) is 18.2 Å². The van der Waals surface area contributed by atoms with E-state index >= 15 is 0 Å². The second kappa shape index (κ2) is 11.5. The van der Waals surface area contributed by atoms with E-state index in [9.17, 15) is 18.8 Å². The van der Waals surface area contributed by atoms with Crippen molar-refractivity contribution < 1.29 is 23.5 Å². The Morgan fingerprint density at radius 2 is 1.89 bits per heavy atom. The van der Waals surface area contributed by atoms with Gasteiger partial charge in [0.15, 0.2) is 0 Å². The summed E-state index contributed by atoms with van der Waals surface area (Å²) in [6.45, 7) is 7.77. The van der Waals surface area contributed by atoms with Crippen LogP contribution in [0.15, 0.2) is 59.8 Å². The molecule has 0 bridgehead atoms. The van der Waals surface area contributed by atoms with Gasteiger partial charge in [0.2, 0.25) is 0 Å². The monoisotopic (exact) mass is 482 g/mol. The van der Waals surface area contributed by atoms with Gasteiger partial charge in [0, 0.05) is 17.9 Å². The molecule has 0 aliphatic carbocycles. The Kier molecular flexibility index (Phi) is 8.46. The Hall–Kier alpha value is -3.88. The van der Waals surface area contributed by atoms with Crippen LogP contribution in [0.2, 0.25) is 0 Å². The molecule has 0 saturated heterocycles. The Labute approximate surface area is 204 Å².